The van der Waals surface area contributed by atoms with Gasteiger partial charge in [-0.25, -0.2) is 13.2 Å². The fourth-order valence-corrected chi connectivity index (χ4v) is 3.19. The fraction of sp³-hybridized carbons (Fsp3) is 0.400. The van der Waals surface area contributed by atoms with Crippen molar-refractivity contribution in [2.75, 3.05) is 13.2 Å². The maximum atomic E-state index is 13.6. The molecule has 1 fully saturated rings. The van der Waals surface area contributed by atoms with Gasteiger partial charge in [-0.15, -0.1) is 12.4 Å². The number of rotatable bonds is 7. The van der Waals surface area contributed by atoms with Crippen LogP contribution in [0.3, 0.4) is 0 Å². The molecule has 2 N–H and O–H groups in total. The molecule has 27 heavy (non-hydrogen) atoms. The minimum absolute atomic E-state index is 0. The van der Waals surface area contributed by atoms with E-state index in [4.69, 9.17) is 4.74 Å². The van der Waals surface area contributed by atoms with E-state index >= 15 is 0 Å². The Hall–Kier alpha value is -1.76. The van der Waals surface area contributed by atoms with Crippen LogP contribution in [0.4, 0.5) is 13.2 Å². The number of halogens is 4. The summed E-state index contributed by atoms with van der Waals surface area (Å²) >= 11 is 0. The molecule has 2 aromatic carbocycles. The molecular formula is C20H23ClF3NO2. The summed E-state index contributed by atoms with van der Waals surface area (Å²) in [5.41, 5.74) is 1.33. The van der Waals surface area contributed by atoms with Crippen LogP contribution in [-0.2, 0) is 12.8 Å². The number of nitrogens with one attached hydrogen (secondary N) is 1. The predicted molar refractivity (Wildman–Crippen MR) is 99.9 cm³/mol. The van der Waals surface area contributed by atoms with Crippen LogP contribution in [0, 0.1) is 17.5 Å². The molecule has 2 atom stereocenters. The van der Waals surface area contributed by atoms with Gasteiger partial charge in [-0.3, -0.25) is 0 Å². The van der Waals surface area contributed by atoms with Crippen molar-refractivity contribution in [2.45, 2.75) is 37.8 Å². The van der Waals surface area contributed by atoms with E-state index in [9.17, 15) is 18.3 Å². The standard InChI is InChI=1S/C20H22F3NO2.ClH/c21-15-4-6-20(26-8-7-16-11-17(25)12-24-16)14(10-15)3-1-13-2-5-18(22)19(23)9-13;/h2,4-6,9-10,16-17,24-25H,1,3,7-8,11-12H2;1H/t16-,17-;/m1./s1. The molecule has 148 valence electrons. The Kier molecular flexibility index (Phi) is 7.95. The molecular weight excluding hydrogens is 379 g/mol. The van der Waals surface area contributed by atoms with Gasteiger partial charge in [-0.2, -0.15) is 0 Å². The quantitative estimate of drug-likeness (QED) is 0.741. The van der Waals surface area contributed by atoms with E-state index in [0.29, 0.717) is 49.3 Å². The molecule has 2 aromatic rings. The summed E-state index contributed by atoms with van der Waals surface area (Å²) in [7, 11) is 0. The van der Waals surface area contributed by atoms with Crippen molar-refractivity contribution in [3.63, 3.8) is 0 Å². The van der Waals surface area contributed by atoms with Crippen LogP contribution in [0.5, 0.6) is 5.75 Å². The van der Waals surface area contributed by atoms with Crippen molar-refractivity contribution in [3.05, 3.63) is 65.0 Å². The van der Waals surface area contributed by atoms with Gasteiger partial charge >= 0.3 is 0 Å². The highest BCUT2D eigenvalue weighted by Crippen LogP contribution is 2.23. The molecule has 0 amide bonds. The molecule has 0 bridgehead atoms. The lowest BCUT2D eigenvalue weighted by molar-refractivity contribution is 0.191. The van der Waals surface area contributed by atoms with Crippen LogP contribution in [0.2, 0.25) is 0 Å². The molecule has 1 aliphatic rings. The molecule has 0 aliphatic carbocycles. The number of benzene rings is 2. The number of hydrogen-bond donors (Lipinski definition) is 2. The second-order valence-electron chi connectivity index (χ2n) is 6.63. The summed E-state index contributed by atoms with van der Waals surface area (Å²) in [5.74, 6) is -1.54. The van der Waals surface area contributed by atoms with Gasteiger partial charge in [0.05, 0.1) is 12.7 Å². The van der Waals surface area contributed by atoms with Gasteiger partial charge in [0.15, 0.2) is 11.6 Å². The summed E-state index contributed by atoms with van der Waals surface area (Å²) < 4.78 is 45.7. The predicted octanol–water partition coefficient (Wildman–Crippen LogP) is 3.80. The highest BCUT2D eigenvalue weighted by molar-refractivity contribution is 5.85. The SMILES string of the molecule is Cl.O[C@H]1CN[C@H](CCOc2ccc(F)cc2CCc2ccc(F)c(F)c2)C1. The molecule has 0 saturated carbocycles. The number of aliphatic hydroxyl groups is 1. The summed E-state index contributed by atoms with van der Waals surface area (Å²) in [4.78, 5) is 0. The summed E-state index contributed by atoms with van der Waals surface area (Å²) in [5, 5.41) is 12.7. The van der Waals surface area contributed by atoms with E-state index in [2.05, 4.69) is 5.32 Å². The molecule has 3 nitrogen and oxygen atoms in total. The molecule has 3 rings (SSSR count). The van der Waals surface area contributed by atoms with E-state index < -0.39 is 11.6 Å². The summed E-state index contributed by atoms with van der Waals surface area (Å²) in [6.45, 7) is 1.05. The molecule has 7 heteroatoms. The smallest absolute Gasteiger partial charge is 0.159 e. The highest BCUT2D eigenvalue weighted by Gasteiger charge is 2.21. The lowest BCUT2D eigenvalue weighted by Crippen LogP contribution is -2.23. The van der Waals surface area contributed by atoms with Gasteiger partial charge in [0, 0.05) is 12.6 Å². The van der Waals surface area contributed by atoms with Crippen LogP contribution < -0.4 is 10.1 Å². The Morgan fingerprint density at radius 3 is 2.56 bits per heavy atom. The first-order valence-corrected chi connectivity index (χ1v) is 8.78. The Bertz CT molecular complexity index is 760. The van der Waals surface area contributed by atoms with Crippen molar-refractivity contribution in [2.24, 2.45) is 0 Å². The third kappa shape index (κ3) is 6.13. The van der Waals surface area contributed by atoms with E-state index in [0.717, 1.165) is 18.6 Å². The second-order valence-corrected chi connectivity index (χ2v) is 6.63. The fourth-order valence-electron chi connectivity index (χ4n) is 3.19. The summed E-state index contributed by atoms with van der Waals surface area (Å²) in [6, 6.07) is 8.34. The van der Waals surface area contributed by atoms with Gasteiger partial charge in [0.1, 0.15) is 11.6 Å². The van der Waals surface area contributed by atoms with Gasteiger partial charge in [0.25, 0.3) is 0 Å². The van der Waals surface area contributed by atoms with E-state index in [1.165, 1.54) is 18.2 Å². The molecule has 1 saturated heterocycles. The zero-order chi connectivity index (χ0) is 18.5. The Morgan fingerprint density at radius 2 is 1.85 bits per heavy atom. The first kappa shape index (κ1) is 21.5. The molecule has 1 aliphatic heterocycles. The number of hydrogen-bond acceptors (Lipinski definition) is 3. The van der Waals surface area contributed by atoms with E-state index in [1.807, 2.05) is 0 Å². The average molecular weight is 402 g/mol. The third-order valence-electron chi connectivity index (χ3n) is 4.61. The molecule has 0 radical (unpaired) electrons. The zero-order valence-electron chi connectivity index (χ0n) is 14.8. The maximum absolute atomic E-state index is 13.6. The number of aryl methyl sites for hydroxylation is 2. The Balaban J connectivity index is 0.00000261. The highest BCUT2D eigenvalue weighted by atomic mass is 35.5. The minimum Gasteiger partial charge on any atom is -0.493 e. The first-order valence-electron chi connectivity index (χ1n) is 8.78. The second kappa shape index (κ2) is 9.97. The van der Waals surface area contributed by atoms with Crippen LogP contribution in [0.25, 0.3) is 0 Å². The molecule has 0 aromatic heterocycles. The number of aliphatic hydroxyl groups excluding tert-OH is 1. The van der Waals surface area contributed by atoms with Gasteiger partial charge in [0.2, 0.25) is 0 Å². The lowest BCUT2D eigenvalue weighted by atomic mass is 10.0. The van der Waals surface area contributed by atoms with Gasteiger partial charge < -0.3 is 15.2 Å². The average Bonchev–Trinajstić information content (AvgIpc) is 3.03. The lowest BCUT2D eigenvalue weighted by Gasteiger charge is -2.14. The van der Waals surface area contributed by atoms with Crippen molar-refractivity contribution in [1.82, 2.24) is 5.32 Å². The van der Waals surface area contributed by atoms with Gasteiger partial charge in [-0.05, 0) is 67.1 Å². The number of ether oxygens (including phenoxy) is 1. The first-order chi connectivity index (χ1) is 12.5. The monoisotopic (exact) mass is 401 g/mol. The molecule has 0 spiro atoms. The topological polar surface area (TPSA) is 41.5 Å². The van der Waals surface area contributed by atoms with Gasteiger partial charge in [-0.1, -0.05) is 6.07 Å². The van der Waals surface area contributed by atoms with Crippen molar-refractivity contribution in [3.8, 4) is 5.75 Å². The molecule has 1 heterocycles. The maximum Gasteiger partial charge on any atom is 0.159 e. The van der Waals surface area contributed by atoms with Crippen LogP contribution >= 0.6 is 12.4 Å². The largest absolute Gasteiger partial charge is 0.493 e. The Morgan fingerprint density at radius 1 is 1.04 bits per heavy atom. The molecule has 0 unspecified atom stereocenters. The minimum atomic E-state index is -0.885. The Labute approximate surface area is 163 Å². The summed E-state index contributed by atoms with van der Waals surface area (Å²) in [6.07, 6.45) is 2.05. The van der Waals surface area contributed by atoms with Crippen LogP contribution in [0.15, 0.2) is 36.4 Å². The normalized spacial score (nSPS) is 19.0. The van der Waals surface area contributed by atoms with E-state index in [1.54, 1.807) is 6.07 Å². The van der Waals surface area contributed by atoms with Crippen molar-refractivity contribution < 1.29 is 23.0 Å². The van der Waals surface area contributed by atoms with Crippen LogP contribution in [0.1, 0.15) is 24.0 Å². The van der Waals surface area contributed by atoms with Crippen LogP contribution in [-0.4, -0.2) is 30.4 Å². The zero-order valence-corrected chi connectivity index (χ0v) is 15.6. The number of β-amino-alcohol motifs (C(OH)–C–C–N with tert-alkyl or cyclic N) is 1. The van der Waals surface area contributed by atoms with Crippen molar-refractivity contribution in [1.29, 1.82) is 0 Å². The third-order valence-corrected chi connectivity index (χ3v) is 4.61. The van der Waals surface area contributed by atoms with Crippen molar-refractivity contribution >= 4 is 12.4 Å². The van der Waals surface area contributed by atoms with E-state index in [-0.39, 0.29) is 30.4 Å².